The molecule has 0 aliphatic carbocycles. The summed E-state index contributed by atoms with van der Waals surface area (Å²) >= 11 is 0. The van der Waals surface area contributed by atoms with Crippen LogP contribution in [0.15, 0.2) is 18.2 Å². The average Bonchev–Trinajstić information content (AvgIpc) is 2.29. The van der Waals surface area contributed by atoms with Crippen LogP contribution in [0.3, 0.4) is 0 Å². The maximum Gasteiger partial charge on any atom is 0.0370 e. The van der Waals surface area contributed by atoms with E-state index in [9.17, 15) is 0 Å². The first-order valence-electron chi connectivity index (χ1n) is 6.72. The summed E-state index contributed by atoms with van der Waals surface area (Å²) in [6.45, 7) is 9.11. The third kappa shape index (κ3) is 2.74. The lowest BCUT2D eigenvalue weighted by Crippen LogP contribution is -2.34. The molecular formula is C15H24N2. The Balaban J connectivity index is 2.23. The fraction of sp³-hybridized carbons (Fsp3) is 0.600. The van der Waals surface area contributed by atoms with Crippen LogP contribution in [0.25, 0.3) is 0 Å². The Morgan fingerprint density at radius 1 is 1.35 bits per heavy atom. The third-order valence-electron chi connectivity index (χ3n) is 3.71. The van der Waals surface area contributed by atoms with Crippen LogP contribution in [0, 0.1) is 5.92 Å². The molecule has 0 aromatic heterocycles. The molecule has 2 nitrogen and oxygen atoms in total. The Morgan fingerprint density at radius 2 is 2.12 bits per heavy atom. The molecule has 0 spiro atoms. The van der Waals surface area contributed by atoms with Crippen LogP contribution < -0.4 is 10.6 Å². The minimum absolute atomic E-state index is 0.497. The molecule has 2 N–H and O–H groups in total. The number of anilines is 2. The zero-order valence-electron chi connectivity index (χ0n) is 11.2. The summed E-state index contributed by atoms with van der Waals surface area (Å²) in [5.74, 6) is 1.31. The smallest absolute Gasteiger partial charge is 0.0370 e. The molecule has 1 saturated heterocycles. The van der Waals surface area contributed by atoms with Crippen LogP contribution in [0.4, 0.5) is 11.4 Å². The van der Waals surface area contributed by atoms with Crippen molar-refractivity contribution in [1.82, 2.24) is 0 Å². The van der Waals surface area contributed by atoms with Gasteiger partial charge >= 0.3 is 0 Å². The Hall–Kier alpha value is -1.18. The molecular weight excluding hydrogens is 208 g/mol. The van der Waals surface area contributed by atoms with Gasteiger partial charge in [-0.15, -0.1) is 0 Å². The third-order valence-corrected chi connectivity index (χ3v) is 3.71. The van der Waals surface area contributed by atoms with Crippen molar-refractivity contribution >= 4 is 11.4 Å². The summed E-state index contributed by atoms with van der Waals surface area (Å²) in [6.07, 6.45) is 2.67. The fourth-order valence-electron chi connectivity index (χ4n) is 2.68. The zero-order valence-corrected chi connectivity index (χ0v) is 11.2. The van der Waals surface area contributed by atoms with Crippen molar-refractivity contribution in [2.75, 3.05) is 23.7 Å². The van der Waals surface area contributed by atoms with E-state index in [1.54, 1.807) is 0 Å². The number of piperidine rings is 1. The molecule has 0 amide bonds. The number of nitrogens with two attached hydrogens (primary N) is 1. The van der Waals surface area contributed by atoms with Gasteiger partial charge in [0.05, 0.1) is 0 Å². The molecule has 17 heavy (non-hydrogen) atoms. The van der Waals surface area contributed by atoms with Gasteiger partial charge in [-0.05, 0) is 48.4 Å². The molecule has 1 atom stereocenters. The van der Waals surface area contributed by atoms with E-state index in [1.807, 2.05) is 0 Å². The predicted octanol–water partition coefficient (Wildman–Crippen LogP) is 3.63. The Labute approximate surface area is 105 Å². The summed E-state index contributed by atoms with van der Waals surface area (Å²) in [6, 6.07) is 6.50. The topological polar surface area (TPSA) is 29.3 Å². The van der Waals surface area contributed by atoms with Crippen molar-refractivity contribution in [2.45, 2.75) is 39.5 Å². The maximum absolute atomic E-state index is 6.03. The second-order valence-electron chi connectivity index (χ2n) is 5.66. The lowest BCUT2D eigenvalue weighted by Gasteiger charge is -2.33. The first-order chi connectivity index (χ1) is 8.08. The highest BCUT2D eigenvalue weighted by Gasteiger charge is 2.17. The maximum atomic E-state index is 6.03. The highest BCUT2D eigenvalue weighted by atomic mass is 15.1. The molecule has 1 heterocycles. The van der Waals surface area contributed by atoms with E-state index >= 15 is 0 Å². The number of benzene rings is 1. The molecule has 2 heteroatoms. The molecule has 1 aliphatic heterocycles. The molecule has 1 aliphatic rings. The van der Waals surface area contributed by atoms with Crippen LogP contribution in [0.1, 0.15) is 45.1 Å². The van der Waals surface area contributed by atoms with Crippen LogP contribution in [-0.4, -0.2) is 13.1 Å². The highest BCUT2D eigenvalue weighted by molar-refractivity contribution is 5.59. The van der Waals surface area contributed by atoms with Gasteiger partial charge < -0.3 is 10.6 Å². The average molecular weight is 232 g/mol. The zero-order chi connectivity index (χ0) is 12.4. The predicted molar refractivity (Wildman–Crippen MR) is 75.6 cm³/mol. The summed E-state index contributed by atoms with van der Waals surface area (Å²) in [4.78, 5) is 2.50. The van der Waals surface area contributed by atoms with Crippen molar-refractivity contribution in [2.24, 2.45) is 5.92 Å². The van der Waals surface area contributed by atoms with Crippen molar-refractivity contribution in [1.29, 1.82) is 0 Å². The highest BCUT2D eigenvalue weighted by Crippen LogP contribution is 2.29. The van der Waals surface area contributed by atoms with Crippen molar-refractivity contribution in [3.8, 4) is 0 Å². The molecule has 1 aromatic carbocycles. The van der Waals surface area contributed by atoms with Crippen LogP contribution in [-0.2, 0) is 0 Å². The van der Waals surface area contributed by atoms with Gasteiger partial charge in [-0.1, -0.05) is 20.8 Å². The largest absolute Gasteiger partial charge is 0.398 e. The van der Waals surface area contributed by atoms with Gasteiger partial charge in [-0.2, -0.15) is 0 Å². The number of rotatable bonds is 2. The number of hydrogen-bond acceptors (Lipinski definition) is 2. The number of nitrogen functional groups attached to an aromatic ring is 1. The van der Waals surface area contributed by atoms with Crippen molar-refractivity contribution < 1.29 is 0 Å². The van der Waals surface area contributed by atoms with E-state index in [0.717, 1.165) is 11.6 Å². The summed E-state index contributed by atoms with van der Waals surface area (Å²) in [5, 5.41) is 0. The van der Waals surface area contributed by atoms with Gasteiger partial charge in [-0.3, -0.25) is 0 Å². The van der Waals surface area contributed by atoms with Gasteiger partial charge in [0.2, 0.25) is 0 Å². The van der Waals surface area contributed by atoms with Gasteiger partial charge in [0.25, 0.3) is 0 Å². The van der Waals surface area contributed by atoms with E-state index in [1.165, 1.54) is 37.2 Å². The van der Waals surface area contributed by atoms with Gasteiger partial charge in [0.1, 0.15) is 0 Å². The van der Waals surface area contributed by atoms with E-state index in [0.29, 0.717) is 5.92 Å². The Kier molecular flexibility index (Phi) is 3.60. The summed E-state index contributed by atoms with van der Waals surface area (Å²) in [7, 11) is 0. The second-order valence-corrected chi connectivity index (χ2v) is 5.66. The van der Waals surface area contributed by atoms with Crippen molar-refractivity contribution in [3.63, 3.8) is 0 Å². The standard InChI is InChI=1S/C15H24N2/c1-11(2)14-9-13(6-7-15(14)16)17-8-4-5-12(3)10-17/h6-7,9,11-12H,4-5,8,10,16H2,1-3H3. The lowest BCUT2D eigenvalue weighted by molar-refractivity contribution is 0.447. The molecule has 1 fully saturated rings. The van der Waals surface area contributed by atoms with Crippen molar-refractivity contribution in [3.05, 3.63) is 23.8 Å². The molecule has 94 valence electrons. The number of hydrogen-bond donors (Lipinski definition) is 1. The monoisotopic (exact) mass is 232 g/mol. The SMILES string of the molecule is CC1CCCN(c2ccc(N)c(C(C)C)c2)C1. The normalized spacial score (nSPS) is 20.9. The first-order valence-corrected chi connectivity index (χ1v) is 6.72. The Morgan fingerprint density at radius 3 is 2.76 bits per heavy atom. The van der Waals surface area contributed by atoms with Gasteiger partial charge in [-0.25, -0.2) is 0 Å². The summed E-state index contributed by atoms with van der Waals surface area (Å²) in [5.41, 5.74) is 9.57. The Bertz CT molecular complexity index is 385. The van der Waals surface area contributed by atoms with E-state index in [4.69, 9.17) is 5.73 Å². The van der Waals surface area contributed by atoms with Crippen LogP contribution in [0.5, 0.6) is 0 Å². The molecule has 0 radical (unpaired) electrons. The van der Waals surface area contributed by atoms with E-state index < -0.39 is 0 Å². The minimum Gasteiger partial charge on any atom is -0.398 e. The molecule has 0 saturated carbocycles. The van der Waals surface area contributed by atoms with Gasteiger partial charge in [0, 0.05) is 24.5 Å². The quantitative estimate of drug-likeness (QED) is 0.789. The van der Waals surface area contributed by atoms with Crippen LogP contribution in [0.2, 0.25) is 0 Å². The molecule has 1 unspecified atom stereocenters. The lowest BCUT2D eigenvalue weighted by atomic mass is 9.97. The molecule has 0 bridgehead atoms. The first kappa shape index (κ1) is 12.3. The number of nitrogens with zero attached hydrogens (tertiary/aromatic N) is 1. The molecule has 1 aromatic rings. The van der Waals surface area contributed by atoms with E-state index in [-0.39, 0.29) is 0 Å². The van der Waals surface area contributed by atoms with Gasteiger partial charge in [0.15, 0.2) is 0 Å². The van der Waals surface area contributed by atoms with E-state index in [2.05, 4.69) is 43.9 Å². The fourth-order valence-corrected chi connectivity index (χ4v) is 2.68. The minimum atomic E-state index is 0.497. The second kappa shape index (κ2) is 4.99. The summed E-state index contributed by atoms with van der Waals surface area (Å²) < 4.78 is 0. The molecule has 2 rings (SSSR count). The van der Waals surface area contributed by atoms with Crippen LogP contribution >= 0.6 is 0 Å².